The fourth-order valence-electron chi connectivity index (χ4n) is 2.88. The lowest BCUT2D eigenvalue weighted by Crippen LogP contribution is -2.30. The molecule has 1 amide bonds. The molecule has 3 rings (SSSR count). The predicted molar refractivity (Wildman–Crippen MR) is 118 cm³/mol. The van der Waals surface area contributed by atoms with Crippen molar-refractivity contribution in [2.45, 2.75) is 39.6 Å². The lowest BCUT2D eigenvalue weighted by molar-refractivity contribution is -0.384. The average molecular weight is 461 g/mol. The Hall–Kier alpha value is -3.43. The molecule has 0 aliphatic rings. The summed E-state index contributed by atoms with van der Waals surface area (Å²) in [6.07, 6.45) is -1.26. The molecule has 0 bridgehead atoms. The number of fused-ring (bicyclic) bond motifs is 1. The van der Waals surface area contributed by atoms with Gasteiger partial charge in [-0.1, -0.05) is 29.8 Å². The third-order valence-electron chi connectivity index (χ3n) is 4.52. The van der Waals surface area contributed by atoms with Crippen LogP contribution >= 0.6 is 11.6 Å². The first-order valence-electron chi connectivity index (χ1n) is 9.75. The van der Waals surface area contributed by atoms with Crippen molar-refractivity contribution in [2.24, 2.45) is 0 Å². The minimum absolute atomic E-state index is 0.0171. The molecular weight excluding hydrogens is 440 g/mol. The number of halogens is 1. The molecule has 0 radical (unpaired) electrons. The van der Waals surface area contributed by atoms with Gasteiger partial charge in [-0.2, -0.15) is 0 Å². The molecule has 0 saturated carbocycles. The van der Waals surface area contributed by atoms with Crippen LogP contribution in [0.5, 0.6) is 0 Å². The van der Waals surface area contributed by atoms with Crippen LogP contribution in [0.15, 0.2) is 46.9 Å². The van der Waals surface area contributed by atoms with Crippen molar-refractivity contribution in [3.05, 3.63) is 68.9 Å². The van der Waals surface area contributed by atoms with Crippen LogP contribution in [0, 0.1) is 10.1 Å². The molecule has 0 aliphatic heterocycles. The summed E-state index contributed by atoms with van der Waals surface area (Å²) < 4.78 is 16.6. The smallest absolute Gasteiger partial charge is 0.375 e. The van der Waals surface area contributed by atoms with Crippen molar-refractivity contribution in [2.75, 3.05) is 5.32 Å². The molecule has 1 heterocycles. The number of non-ortho nitro benzene ring substituents is 1. The monoisotopic (exact) mass is 460 g/mol. The number of nitrogens with zero attached hydrogens (tertiary/aromatic N) is 1. The first-order valence-corrected chi connectivity index (χ1v) is 10.1. The zero-order chi connectivity index (χ0) is 23.4. The van der Waals surface area contributed by atoms with Gasteiger partial charge in [0.25, 0.3) is 11.6 Å². The second-order valence-electron chi connectivity index (χ2n) is 7.22. The maximum atomic E-state index is 12.8. The van der Waals surface area contributed by atoms with Crippen LogP contribution in [0.3, 0.4) is 0 Å². The Bertz CT molecular complexity index is 1170. The van der Waals surface area contributed by atoms with E-state index in [1.54, 1.807) is 18.2 Å². The molecule has 1 N–H and O–H groups in total. The highest BCUT2D eigenvalue weighted by atomic mass is 35.5. The average Bonchev–Trinajstić information content (AvgIpc) is 3.12. The van der Waals surface area contributed by atoms with Gasteiger partial charge in [0.1, 0.15) is 5.58 Å². The highest BCUT2D eigenvalue weighted by Crippen LogP contribution is 2.29. The Labute approximate surface area is 188 Å². The SMILES string of the molecule is CC(C)OCc1c(C(=O)OC(C)C(=O)Nc2ccc([N+](=O)[O-])cc2Cl)oc2ccccc12. The minimum Gasteiger partial charge on any atom is -0.449 e. The van der Waals surface area contributed by atoms with Crippen LogP contribution < -0.4 is 5.32 Å². The van der Waals surface area contributed by atoms with Gasteiger partial charge >= 0.3 is 5.97 Å². The molecule has 0 fully saturated rings. The van der Waals surface area contributed by atoms with E-state index in [1.807, 2.05) is 19.9 Å². The molecule has 168 valence electrons. The van der Waals surface area contributed by atoms with Crippen molar-refractivity contribution >= 4 is 45.8 Å². The maximum Gasteiger partial charge on any atom is 0.375 e. The van der Waals surface area contributed by atoms with Gasteiger partial charge in [0.2, 0.25) is 5.76 Å². The molecule has 1 unspecified atom stereocenters. The largest absolute Gasteiger partial charge is 0.449 e. The molecule has 1 atom stereocenters. The maximum absolute atomic E-state index is 12.8. The van der Waals surface area contributed by atoms with Gasteiger partial charge in [-0.15, -0.1) is 0 Å². The summed E-state index contributed by atoms with van der Waals surface area (Å²) in [5.74, 6) is -1.52. The van der Waals surface area contributed by atoms with E-state index in [4.69, 9.17) is 25.5 Å². The van der Waals surface area contributed by atoms with Gasteiger partial charge < -0.3 is 19.2 Å². The summed E-state index contributed by atoms with van der Waals surface area (Å²) in [5, 5.41) is 14.0. The number of rotatable bonds is 8. The number of furan rings is 1. The van der Waals surface area contributed by atoms with Crippen molar-refractivity contribution < 1.29 is 28.4 Å². The number of ether oxygens (including phenoxy) is 2. The van der Waals surface area contributed by atoms with Gasteiger partial charge in [0, 0.05) is 23.1 Å². The summed E-state index contributed by atoms with van der Waals surface area (Å²) in [6.45, 7) is 5.27. The van der Waals surface area contributed by atoms with E-state index in [0.29, 0.717) is 11.1 Å². The number of nitro groups is 1. The predicted octanol–water partition coefficient (Wildman–Crippen LogP) is 5.10. The van der Waals surface area contributed by atoms with E-state index < -0.39 is 22.9 Å². The van der Waals surface area contributed by atoms with E-state index in [9.17, 15) is 19.7 Å². The van der Waals surface area contributed by atoms with Crippen molar-refractivity contribution in [1.29, 1.82) is 0 Å². The highest BCUT2D eigenvalue weighted by Gasteiger charge is 2.26. The summed E-state index contributed by atoms with van der Waals surface area (Å²) in [4.78, 5) is 35.5. The Morgan fingerprint density at radius 3 is 2.56 bits per heavy atom. The Balaban J connectivity index is 1.75. The van der Waals surface area contributed by atoms with Gasteiger partial charge in [0.05, 0.1) is 28.3 Å². The molecule has 3 aromatic rings. The number of esters is 1. The van der Waals surface area contributed by atoms with E-state index >= 15 is 0 Å². The Morgan fingerprint density at radius 2 is 1.91 bits per heavy atom. The molecular formula is C22H21ClN2O7. The van der Waals surface area contributed by atoms with Crippen LogP contribution in [0.1, 0.15) is 36.9 Å². The lowest BCUT2D eigenvalue weighted by atomic mass is 10.1. The van der Waals surface area contributed by atoms with Crippen LogP contribution in [0.4, 0.5) is 11.4 Å². The first-order chi connectivity index (χ1) is 15.2. The zero-order valence-corrected chi connectivity index (χ0v) is 18.3. The van der Waals surface area contributed by atoms with Crippen molar-refractivity contribution in [3.63, 3.8) is 0 Å². The third-order valence-corrected chi connectivity index (χ3v) is 4.83. The first kappa shape index (κ1) is 23.2. The molecule has 0 spiro atoms. The van der Waals surface area contributed by atoms with Crippen LogP contribution in [-0.4, -0.2) is 29.0 Å². The number of nitrogens with one attached hydrogen (secondary N) is 1. The molecule has 9 nitrogen and oxygen atoms in total. The number of hydrogen-bond donors (Lipinski definition) is 1. The van der Waals surface area contributed by atoms with E-state index in [2.05, 4.69) is 5.32 Å². The van der Waals surface area contributed by atoms with Gasteiger partial charge in [-0.25, -0.2) is 4.79 Å². The van der Waals surface area contributed by atoms with E-state index in [1.165, 1.54) is 19.1 Å². The molecule has 0 saturated heterocycles. The quantitative estimate of drug-likeness (QED) is 0.282. The number of anilines is 1. The number of para-hydroxylation sites is 1. The number of amides is 1. The van der Waals surface area contributed by atoms with Crippen LogP contribution in [0.25, 0.3) is 11.0 Å². The fraction of sp³-hybridized carbons (Fsp3) is 0.273. The van der Waals surface area contributed by atoms with Gasteiger partial charge in [0.15, 0.2) is 6.10 Å². The minimum atomic E-state index is -1.19. The zero-order valence-electron chi connectivity index (χ0n) is 17.6. The molecule has 2 aromatic carbocycles. The summed E-state index contributed by atoms with van der Waals surface area (Å²) >= 11 is 5.99. The van der Waals surface area contributed by atoms with Gasteiger partial charge in [-0.05, 0) is 32.9 Å². The topological polar surface area (TPSA) is 121 Å². The molecule has 1 aromatic heterocycles. The number of nitro benzene ring substituents is 1. The Kier molecular flexibility index (Phi) is 7.12. The number of hydrogen-bond acceptors (Lipinski definition) is 7. The molecule has 0 aliphatic carbocycles. The second kappa shape index (κ2) is 9.80. The summed E-state index contributed by atoms with van der Waals surface area (Å²) in [5.41, 5.74) is 0.968. The molecule has 32 heavy (non-hydrogen) atoms. The molecule has 10 heteroatoms. The van der Waals surface area contributed by atoms with E-state index in [-0.39, 0.29) is 34.9 Å². The summed E-state index contributed by atoms with van der Waals surface area (Å²) in [7, 11) is 0. The van der Waals surface area contributed by atoms with Gasteiger partial charge in [-0.3, -0.25) is 14.9 Å². The number of benzene rings is 2. The van der Waals surface area contributed by atoms with Crippen molar-refractivity contribution in [3.8, 4) is 0 Å². The standard InChI is InChI=1S/C22H21ClN2O7/c1-12(2)30-11-16-15-6-4-5-7-19(15)32-20(16)22(27)31-13(3)21(26)24-18-9-8-14(25(28)29)10-17(18)23/h4-10,12-13H,11H2,1-3H3,(H,24,26). The number of carbonyl (C=O) groups is 2. The number of carbonyl (C=O) groups excluding carboxylic acids is 2. The second-order valence-corrected chi connectivity index (χ2v) is 7.63. The van der Waals surface area contributed by atoms with E-state index in [0.717, 1.165) is 11.5 Å². The Morgan fingerprint density at radius 1 is 1.19 bits per heavy atom. The normalized spacial score (nSPS) is 12.0. The third kappa shape index (κ3) is 5.24. The highest BCUT2D eigenvalue weighted by molar-refractivity contribution is 6.34. The van der Waals surface area contributed by atoms with Crippen LogP contribution in [-0.2, 0) is 20.9 Å². The fourth-order valence-corrected chi connectivity index (χ4v) is 3.10. The lowest BCUT2D eigenvalue weighted by Gasteiger charge is -2.14. The van der Waals surface area contributed by atoms with Crippen molar-refractivity contribution in [1.82, 2.24) is 0 Å². The van der Waals surface area contributed by atoms with Crippen LogP contribution in [0.2, 0.25) is 5.02 Å². The summed E-state index contributed by atoms with van der Waals surface area (Å²) in [6, 6.07) is 10.7.